The Morgan fingerprint density at radius 1 is 1.08 bits per heavy atom. The molecule has 5 rings (SSSR count). The molecule has 1 aliphatic heterocycles. The lowest BCUT2D eigenvalue weighted by Crippen LogP contribution is -2.53. The number of fused-ring (bicyclic) bond motifs is 1. The van der Waals surface area contributed by atoms with E-state index in [4.69, 9.17) is 20.8 Å². The number of hydrogen-bond acceptors (Lipinski definition) is 10. The van der Waals surface area contributed by atoms with Crippen LogP contribution in [0, 0.1) is 5.92 Å². The number of rotatable bonds is 13. The van der Waals surface area contributed by atoms with Crippen LogP contribution in [-0.4, -0.2) is 113 Å². The first-order valence-electron chi connectivity index (χ1n) is 16.4. The van der Waals surface area contributed by atoms with Crippen molar-refractivity contribution in [2.75, 3.05) is 32.7 Å². The van der Waals surface area contributed by atoms with Crippen LogP contribution in [0.25, 0.3) is 10.8 Å². The van der Waals surface area contributed by atoms with Crippen LogP contribution >= 0.6 is 0 Å². The van der Waals surface area contributed by atoms with Gasteiger partial charge in [0.05, 0.1) is 17.5 Å². The first-order chi connectivity index (χ1) is 24.4. The molecule has 7 N–H and O–H groups in total. The summed E-state index contributed by atoms with van der Waals surface area (Å²) in [6.45, 7) is 2.66. The molecule has 3 amide bonds. The number of carbonyl (C=O) groups is 4. The number of nitrogens with zero attached hydrogens (tertiary/aromatic N) is 5. The number of hydrogen-bond donors (Lipinski definition) is 6. The van der Waals surface area contributed by atoms with Gasteiger partial charge in [-0.1, -0.05) is 35.5 Å². The Labute approximate surface area is 295 Å². The minimum atomic E-state index is -4.23. The van der Waals surface area contributed by atoms with Gasteiger partial charge in [-0.3, -0.25) is 24.2 Å². The minimum Gasteiger partial charge on any atom is -0.481 e. The molecule has 17 nitrogen and oxygen atoms in total. The third-order valence-electron chi connectivity index (χ3n) is 8.25. The number of nitrogens with two attached hydrogens (primary N) is 1. The number of nitrogens with one attached hydrogen (secondary N) is 3. The standard InChI is InChI=1S/C31H39N9O6S.C2H4O2/c32-31(37-44)39-14-3-4-21(20-39)18-36-28(41)17-26(38-47(45,46)25-10-7-22-5-1-2-6-23(22)16-25)30(43)40(24-8-9-24)15-13-35-29(42)27-19-33-11-12-34-27;1-2(3)4/h1-2,5-7,10-12,16,19,21,24,26,38,44H,3-4,8-9,13-15,17-18,20H2,(H2,32,37)(H,35,42)(H,36,41);1H3,(H,3,4)/t21-,26-;/m0./s1. The molecule has 0 bridgehead atoms. The van der Waals surface area contributed by atoms with Gasteiger partial charge in [-0.2, -0.15) is 4.72 Å². The van der Waals surface area contributed by atoms with Crippen LogP contribution in [0.5, 0.6) is 0 Å². The van der Waals surface area contributed by atoms with Gasteiger partial charge in [0.25, 0.3) is 11.9 Å². The minimum absolute atomic E-state index is 0.00263. The van der Waals surface area contributed by atoms with E-state index in [-0.39, 0.29) is 48.1 Å². The number of piperidine rings is 1. The molecule has 1 saturated carbocycles. The molecule has 0 unspecified atom stereocenters. The fourth-order valence-corrected chi connectivity index (χ4v) is 6.87. The highest BCUT2D eigenvalue weighted by Gasteiger charge is 2.38. The van der Waals surface area contributed by atoms with Crippen molar-refractivity contribution in [3.8, 4) is 0 Å². The van der Waals surface area contributed by atoms with Crippen LogP contribution in [0.3, 0.4) is 0 Å². The molecule has 2 fully saturated rings. The Morgan fingerprint density at radius 3 is 2.47 bits per heavy atom. The third kappa shape index (κ3) is 11.6. The Kier molecular flexibility index (Phi) is 13.6. The van der Waals surface area contributed by atoms with Crippen LogP contribution in [0.15, 0.2) is 71.1 Å². The average Bonchev–Trinajstić information content (AvgIpc) is 3.97. The number of guanidine groups is 1. The van der Waals surface area contributed by atoms with E-state index in [1.807, 2.05) is 12.1 Å². The van der Waals surface area contributed by atoms with E-state index >= 15 is 0 Å². The molecule has 2 aliphatic rings. The zero-order valence-corrected chi connectivity index (χ0v) is 29.0. The van der Waals surface area contributed by atoms with Gasteiger partial charge in [-0.05, 0) is 54.5 Å². The van der Waals surface area contributed by atoms with Crippen LogP contribution in [0.1, 0.15) is 49.5 Å². The fourth-order valence-electron chi connectivity index (χ4n) is 5.64. The summed E-state index contributed by atoms with van der Waals surface area (Å²) in [5.41, 5.74) is 5.87. The third-order valence-corrected chi connectivity index (χ3v) is 9.72. The lowest BCUT2D eigenvalue weighted by Gasteiger charge is -2.33. The second kappa shape index (κ2) is 18.0. The number of carboxylic acid groups (broad SMARTS) is 1. The largest absolute Gasteiger partial charge is 0.481 e. The summed E-state index contributed by atoms with van der Waals surface area (Å²) in [4.78, 5) is 59.8. The van der Waals surface area contributed by atoms with E-state index in [0.29, 0.717) is 18.5 Å². The summed E-state index contributed by atoms with van der Waals surface area (Å²) in [5.74, 6) is -2.34. The molecular formula is C33H43N9O8S. The van der Waals surface area contributed by atoms with Gasteiger partial charge in [0, 0.05) is 58.1 Å². The number of carbonyl (C=O) groups excluding carboxylic acids is 3. The van der Waals surface area contributed by atoms with E-state index in [1.54, 1.807) is 23.1 Å². The summed E-state index contributed by atoms with van der Waals surface area (Å²) in [7, 11) is -4.23. The number of likely N-dealkylation sites (tertiary alicyclic amines) is 1. The summed E-state index contributed by atoms with van der Waals surface area (Å²) in [6, 6.07) is 10.4. The number of oxime groups is 1. The smallest absolute Gasteiger partial charge is 0.300 e. The first-order valence-corrected chi connectivity index (χ1v) is 17.9. The van der Waals surface area contributed by atoms with Gasteiger partial charge < -0.3 is 36.5 Å². The number of benzene rings is 2. The van der Waals surface area contributed by atoms with Crippen molar-refractivity contribution < 1.29 is 37.9 Å². The lowest BCUT2D eigenvalue weighted by atomic mass is 9.98. The molecule has 1 saturated heterocycles. The van der Waals surface area contributed by atoms with Crippen molar-refractivity contribution in [3.05, 3.63) is 66.7 Å². The maximum absolute atomic E-state index is 14.0. The summed E-state index contributed by atoms with van der Waals surface area (Å²) < 4.78 is 29.8. The van der Waals surface area contributed by atoms with Crippen LogP contribution in [-0.2, 0) is 24.4 Å². The molecular weight excluding hydrogens is 682 g/mol. The van der Waals surface area contributed by atoms with E-state index < -0.39 is 46.2 Å². The maximum atomic E-state index is 14.0. The lowest BCUT2D eigenvalue weighted by molar-refractivity contribution is -0.136. The topological polar surface area (TPSA) is 250 Å². The Morgan fingerprint density at radius 2 is 1.80 bits per heavy atom. The number of sulfonamides is 1. The quantitative estimate of drug-likeness (QED) is 0.0617. The van der Waals surface area contributed by atoms with Crippen LogP contribution in [0.2, 0.25) is 0 Å². The molecule has 18 heteroatoms. The Hall–Kier alpha value is -5.36. The molecule has 3 aromatic rings. The van der Waals surface area contributed by atoms with Gasteiger partial charge in [0.2, 0.25) is 27.8 Å². The van der Waals surface area contributed by atoms with E-state index in [2.05, 4.69) is 30.5 Å². The number of aliphatic carboxylic acids is 1. The molecule has 1 aliphatic carbocycles. The monoisotopic (exact) mass is 725 g/mol. The number of aromatic nitrogens is 2. The molecule has 51 heavy (non-hydrogen) atoms. The van der Waals surface area contributed by atoms with Crippen molar-refractivity contribution in [2.24, 2.45) is 16.8 Å². The molecule has 2 aromatic carbocycles. The van der Waals surface area contributed by atoms with Crippen molar-refractivity contribution in [1.82, 2.24) is 35.1 Å². The van der Waals surface area contributed by atoms with E-state index in [9.17, 15) is 22.8 Å². The van der Waals surface area contributed by atoms with Gasteiger partial charge >= 0.3 is 0 Å². The molecule has 2 atom stereocenters. The molecule has 0 spiro atoms. The van der Waals surface area contributed by atoms with Crippen molar-refractivity contribution in [1.29, 1.82) is 0 Å². The second-order valence-electron chi connectivity index (χ2n) is 12.2. The van der Waals surface area contributed by atoms with E-state index in [1.165, 1.54) is 35.6 Å². The number of amides is 3. The van der Waals surface area contributed by atoms with Gasteiger partial charge in [-0.15, -0.1) is 0 Å². The predicted molar refractivity (Wildman–Crippen MR) is 186 cm³/mol. The first kappa shape index (κ1) is 38.4. The highest BCUT2D eigenvalue weighted by molar-refractivity contribution is 7.89. The van der Waals surface area contributed by atoms with Crippen molar-refractivity contribution >= 4 is 50.4 Å². The summed E-state index contributed by atoms with van der Waals surface area (Å²) in [6.07, 6.45) is 6.78. The van der Waals surface area contributed by atoms with E-state index in [0.717, 1.165) is 38.0 Å². The fraction of sp³-hybridized carbons (Fsp3) is 0.424. The average molecular weight is 726 g/mol. The van der Waals surface area contributed by atoms with Crippen LogP contribution in [0.4, 0.5) is 0 Å². The maximum Gasteiger partial charge on any atom is 0.300 e. The highest BCUT2D eigenvalue weighted by atomic mass is 32.2. The summed E-state index contributed by atoms with van der Waals surface area (Å²) >= 11 is 0. The van der Waals surface area contributed by atoms with Gasteiger partial charge in [0.1, 0.15) is 11.7 Å². The Balaban J connectivity index is 0.00000138. The second-order valence-corrected chi connectivity index (χ2v) is 13.9. The summed E-state index contributed by atoms with van der Waals surface area (Å²) in [5, 5.41) is 26.6. The molecule has 2 heterocycles. The molecule has 274 valence electrons. The normalized spacial score (nSPS) is 16.7. The zero-order chi connectivity index (χ0) is 37.0. The zero-order valence-electron chi connectivity index (χ0n) is 28.1. The number of carboxylic acids is 1. The van der Waals surface area contributed by atoms with Crippen molar-refractivity contribution in [2.45, 2.75) is 56.0 Å². The molecule has 1 aromatic heterocycles. The highest BCUT2D eigenvalue weighted by Crippen LogP contribution is 2.28. The Bertz CT molecular complexity index is 1820. The predicted octanol–water partition coefficient (Wildman–Crippen LogP) is 0.711. The van der Waals surface area contributed by atoms with Crippen LogP contribution < -0.4 is 21.1 Å². The molecule has 0 radical (unpaired) electrons. The SMILES string of the molecule is CC(=O)O.NC(=NO)N1CCC[C@@H](CNC(=O)C[C@H](NS(=O)(=O)c2ccc3ccccc3c2)C(=O)N(CCNC(=O)c2cnccn2)C2CC2)C1. The van der Waals surface area contributed by atoms with Crippen molar-refractivity contribution in [3.63, 3.8) is 0 Å². The van der Waals surface area contributed by atoms with Gasteiger partial charge in [0.15, 0.2) is 0 Å². The van der Waals surface area contributed by atoms with Gasteiger partial charge in [-0.25, -0.2) is 13.4 Å².